The van der Waals surface area contributed by atoms with Crippen molar-refractivity contribution in [3.63, 3.8) is 0 Å². The summed E-state index contributed by atoms with van der Waals surface area (Å²) in [6.45, 7) is 0. The molecule has 0 amide bonds. The summed E-state index contributed by atoms with van der Waals surface area (Å²) in [5, 5.41) is 0. The lowest BCUT2D eigenvalue weighted by Gasteiger charge is -2.21. The van der Waals surface area contributed by atoms with Crippen LogP contribution in [0, 0.1) is 0 Å². The minimum Gasteiger partial charge on any atom is -0.485 e. The Morgan fingerprint density at radius 1 is 1.15 bits per heavy atom. The molecule has 2 aromatic carbocycles. The molecule has 0 saturated carbocycles. The largest absolute Gasteiger partial charge is 0.485 e. The SMILES string of the molecule is O=C(CC1C=Cc2ccc(Br)cc2O1)c1ccccc1. The predicted octanol–water partition coefficient (Wildman–Crippen LogP) is 4.50. The second-order valence-corrected chi connectivity index (χ2v) is 5.61. The molecule has 1 unspecified atom stereocenters. The average Bonchev–Trinajstić information content (AvgIpc) is 2.47. The van der Waals surface area contributed by atoms with Crippen LogP contribution in [-0.4, -0.2) is 11.9 Å². The first kappa shape index (κ1) is 13.1. The van der Waals surface area contributed by atoms with Gasteiger partial charge in [0.15, 0.2) is 5.78 Å². The molecule has 1 heterocycles. The summed E-state index contributed by atoms with van der Waals surface area (Å²) < 4.78 is 6.84. The van der Waals surface area contributed by atoms with Crippen LogP contribution in [0.1, 0.15) is 22.3 Å². The maximum atomic E-state index is 12.2. The Morgan fingerprint density at radius 2 is 1.95 bits per heavy atom. The summed E-state index contributed by atoms with van der Waals surface area (Å²) in [5.41, 5.74) is 1.76. The minimum atomic E-state index is -0.204. The number of rotatable bonds is 3. The molecule has 0 fully saturated rings. The normalized spacial score (nSPS) is 16.4. The van der Waals surface area contributed by atoms with Crippen molar-refractivity contribution in [2.75, 3.05) is 0 Å². The van der Waals surface area contributed by atoms with Crippen LogP contribution >= 0.6 is 15.9 Å². The summed E-state index contributed by atoms with van der Waals surface area (Å²) in [5.74, 6) is 0.909. The van der Waals surface area contributed by atoms with Gasteiger partial charge in [-0.15, -0.1) is 0 Å². The number of halogens is 1. The molecule has 2 aromatic rings. The molecule has 3 rings (SSSR count). The van der Waals surface area contributed by atoms with Gasteiger partial charge in [0.25, 0.3) is 0 Å². The number of hydrogen-bond acceptors (Lipinski definition) is 2. The van der Waals surface area contributed by atoms with Gasteiger partial charge in [-0.1, -0.05) is 58.4 Å². The van der Waals surface area contributed by atoms with Crippen LogP contribution in [0.25, 0.3) is 6.08 Å². The highest BCUT2D eigenvalue weighted by Gasteiger charge is 2.18. The molecule has 0 saturated heterocycles. The first-order chi connectivity index (χ1) is 9.72. The van der Waals surface area contributed by atoms with Crippen LogP contribution in [-0.2, 0) is 0 Å². The molecular formula is C17H13BrO2. The Kier molecular flexibility index (Phi) is 3.70. The fourth-order valence-corrected chi connectivity index (χ4v) is 2.54. The van der Waals surface area contributed by atoms with Crippen LogP contribution in [0.3, 0.4) is 0 Å². The zero-order chi connectivity index (χ0) is 13.9. The number of benzene rings is 2. The third kappa shape index (κ3) is 2.83. The number of carbonyl (C=O) groups is 1. The molecule has 3 heteroatoms. The number of ether oxygens (including phenoxy) is 1. The van der Waals surface area contributed by atoms with Gasteiger partial charge >= 0.3 is 0 Å². The first-order valence-electron chi connectivity index (χ1n) is 6.45. The van der Waals surface area contributed by atoms with Crippen molar-refractivity contribution in [2.45, 2.75) is 12.5 Å². The van der Waals surface area contributed by atoms with E-state index in [9.17, 15) is 4.79 Å². The van der Waals surface area contributed by atoms with Crippen molar-refractivity contribution < 1.29 is 9.53 Å². The molecule has 2 nitrogen and oxygen atoms in total. The molecule has 0 N–H and O–H groups in total. The van der Waals surface area contributed by atoms with Crippen molar-refractivity contribution in [1.82, 2.24) is 0 Å². The molecule has 0 spiro atoms. The van der Waals surface area contributed by atoms with Crippen molar-refractivity contribution in [3.8, 4) is 5.75 Å². The number of hydrogen-bond donors (Lipinski definition) is 0. The number of fused-ring (bicyclic) bond motifs is 1. The van der Waals surface area contributed by atoms with Gasteiger partial charge in [-0.2, -0.15) is 0 Å². The molecule has 1 aliphatic heterocycles. The molecule has 0 aliphatic carbocycles. The highest BCUT2D eigenvalue weighted by atomic mass is 79.9. The summed E-state index contributed by atoms with van der Waals surface area (Å²) in [7, 11) is 0. The first-order valence-corrected chi connectivity index (χ1v) is 7.24. The standard InChI is InChI=1S/C17H13BrO2/c18-14-8-6-13-7-9-15(20-17(13)10-14)11-16(19)12-4-2-1-3-5-12/h1-10,15H,11H2. The summed E-state index contributed by atoms with van der Waals surface area (Å²) in [6, 6.07) is 15.2. The molecule has 0 bridgehead atoms. The fraction of sp³-hybridized carbons (Fsp3) is 0.118. The van der Waals surface area contributed by atoms with E-state index in [1.54, 1.807) is 0 Å². The van der Waals surface area contributed by atoms with Crippen molar-refractivity contribution in [2.24, 2.45) is 0 Å². The smallest absolute Gasteiger partial charge is 0.166 e. The third-order valence-corrected chi connectivity index (χ3v) is 3.72. The number of Topliss-reactive ketones (excluding diaryl/α,β-unsaturated/α-hetero) is 1. The van der Waals surface area contributed by atoms with E-state index < -0.39 is 0 Å². The lowest BCUT2D eigenvalue weighted by atomic mass is 10.0. The lowest BCUT2D eigenvalue weighted by Crippen LogP contribution is -2.21. The van der Waals surface area contributed by atoms with E-state index in [0.29, 0.717) is 6.42 Å². The summed E-state index contributed by atoms with van der Waals surface area (Å²) >= 11 is 3.43. The molecule has 20 heavy (non-hydrogen) atoms. The highest BCUT2D eigenvalue weighted by molar-refractivity contribution is 9.10. The Bertz CT molecular complexity index is 662. The van der Waals surface area contributed by atoms with Crippen LogP contribution in [0.2, 0.25) is 0 Å². The van der Waals surface area contributed by atoms with Crippen LogP contribution in [0.5, 0.6) is 5.75 Å². The average molecular weight is 329 g/mol. The quantitative estimate of drug-likeness (QED) is 0.775. The van der Waals surface area contributed by atoms with Crippen molar-refractivity contribution in [3.05, 3.63) is 70.2 Å². The van der Waals surface area contributed by atoms with Crippen LogP contribution < -0.4 is 4.74 Å². The van der Waals surface area contributed by atoms with Gasteiger partial charge in [0, 0.05) is 15.6 Å². The van der Waals surface area contributed by atoms with E-state index in [1.165, 1.54) is 0 Å². The van der Waals surface area contributed by atoms with Crippen LogP contribution in [0.15, 0.2) is 59.1 Å². The monoisotopic (exact) mass is 328 g/mol. The molecular weight excluding hydrogens is 316 g/mol. The lowest BCUT2D eigenvalue weighted by molar-refractivity contribution is 0.0935. The zero-order valence-electron chi connectivity index (χ0n) is 10.8. The van der Waals surface area contributed by atoms with E-state index in [1.807, 2.05) is 60.7 Å². The fourth-order valence-electron chi connectivity index (χ4n) is 2.20. The second kappa shape index (κ2) is 5.63. The highest BCUT2D eigenvalue weighted by Crippen LogP contribution is 2.30. The molecule has 0 radical (unpaired) electrons. The molecule has 1 aliphatic rings. The summed E-state index contributed by atoms with van der Waals surface area (Å²) in [6.07, 6.45) is 4.10. The minimum absolute atomic E-state index is 0.0960. The number of ketones is 1. The Hall–Kier alpha value is -1.87. The summed E-state index contributed by atoms with van der Waals surface area (Å²) in [4.78, 5) is 12.2. The van der Waals surface area contributed by atoms with E-state index >= 15 is 0 Å². The molecule has 1 atom stereocenters. The van der Waals surface area contributed by atoms with Gasteiger partial charge in [-0.05, 0) is 18.2 Å². The Balaban J connectivity index is 1.73. The third-order valence-electron chi connectivity index (χ3n) is 3.23. The van der Waals surface area contributed by atoms with Gasteiger partial charge in [-0.3, -0.25) is 4.79 Å². The second-order valence-electron chi connectivity index (χ2n) is 4.69. The topological polar surface area (TPSA) is 26.3 Å². The van der Waals surface area contributed by atoms with E-state index in [4.69, 9.17) is 4.74 Å². The van der Waals surface area contributed by atoms with Gasteiger partial charge in [-0.25, -0.2) is 0 Å². The Labute approximate surface area is 126 Å². The number of carbonyl (C=O) groups excluding carboxylic acids is 1. The molecule has 100 valence electrons. The van der Waals surface area contributed by atoms with Crippen molar-refractivity contribution in [1.29, 1.82) is 0 Å². The van der Waals surface area contributed by atoms with Crippen LogP contribution in [0.4, 0.5) is 0 Å². The maximum Gasteiger partial charge on any atom is 0.166 e. The molecule has 0 aromatic heterocycles. The van der Waals surface area contributed by atoms with Gasteiger partial charge in [0.05, 0.1) is 6.42 Å². The Morgan fingerprint density at radius 3 is 2.75 bits per heavy atom. The zero-order valence-corrected chi connectivity index (χ0v) is 12.3. The van der Waals surface area contributed by atoms with E-state index in [0.717, 1.165) is 21.3 Å². The van der Waals surface area contributed by atoms with Gasteiger partial charge in [0.2, 0.25) is 0 Å². The van der Waals surface area contributed by atoms with Gasteiger partial charge < -0.3 is 4.74 Å². The van der Waals surface area contributed by atoms with Gasteiger partial charge in [0.1, 0.15) is 11.9 Å². The van der Waals surface area contributed by atoms with E-state index in [-0.39, 0.29) is 11.9 Å². The van der Waals surface area contributed by atoms with E-state index in [2.05, 4.69) is 15.9 Å². The maximum absolute atomic E-state index is 12.2. The van der Waals surface area contributed by atoms with Crippen molar-refractivity contribution >= 4 is 27.8 Å². The predicted molar refractivity (Wildman–Crippen MR) is 83.0 cm³/mol.